The van der Waals surface area contributed by atoms with Gasteiger partial charge in [-0.05, 0) is 57.2 Å². The van der Waals surface area contributed by atoms with Gasteiger partial charge in [0.1, 0.15) is 0 Å². The molecular weight excluding hydrogens is 234 g/mol. The Hall–Kier alpha value is -0.120. The normalized spacial score (nSPS) is 30.5. The first-order chi connectivity index (χ1) is 9.08. The van der Waals surface area contributed by atoms with E-state index in [0.717, 1.165) is 19.0 Å². The maximum absolute atomic E-state index is 3.73. The van der Waals surface area contributed by atoms with Gasteiger partial charge in [-0.3, -0.25) is 0 Å². The number of likely N-dealkylation sites (tertiary alicyclic amines) is 1. The molecule has 0 aromatic heterocycles. The first-order valence-corrected chi connectivity index (χ1v) is 8.20. The van der Waals surface area contributed by atoms with E-state index in [2.05, 4.69) is 36.4 Å². The summed E-state index contributed by atoms with van der Waals surface area (Å²) in [5, 5.41) is 7.35. The summed E-state index contributed by atoms with van der Waals surface area (Å²) in [5.74, 6) is 0.845. The van der Waals surface area contributed by atoms with Crippen molar-refractivity contribution in [3.05, 3.63) is 0 Å². The van der Waals surface area contributed by atoms with Gasteiger partial charge in [-0.1, -0.05) is 20.3 Å². The zero-order chi connectivity index (χ0) is 13.7. The molecule has 2 heterocycles. The molecule has 0 radical (unpaired) electrons. The van der Waals surface area contributed by atoms with E-state index in [9.17, 15) is 0 Å². The number of nitrogens with zero attached hydrogens (tertiary/aromatic N) is 1. The smallest absolute Gasteiger partial charge is 0.0192 e. The summed E-state index contributed by atoms with van der Waals surface area (Å²) in [7, 11) is 2.27. The van der Waals surface area contributed by atoms with Crippen molar-refractivity contribution in [2.45, 2.75) is 52.0 Å². The molecule has 19 heavy (non-hydrogen) atoms. The number of rotatable bonds is 5. The number of hydrogen-bond donors (Lipinski definition) is 2. The summed E-state index contributed by atoms with van der Waals surface area (Å²) in [5.41, 5.74) is 0.420. The van der Waals surface area contributed by atoms with Gasteiger partial charge < -0.3 is 15.5 Å². The first kappa shape index (κ1) is 15.3. The third-order valence-electron chi connectivity index (χ3n) is 5.11. The largest absolute Gasteiger partial charge is 0.315 e. The minimum absolute atomic E-state index is 0.420. The highest BCUT2D eigenvalue weighted by atomic mass is 15.1. The fraction of sp³-hybridized carbons (Fsp3) is 1.00. The van der Waals surface area contributed by atoms with Crippen molar-refractivity contribution >= 4 is 0 Å². The van der Waals surface area contributed by atoms with E-state index in [-0.39, 0.29) is 0 Å². The van der Waals surface area contributed by atoms with Crippen LogP contribution in [0.1, 0.15) is 46.0 Å². The molecule has 2 fully saturated rings. The third kappa shape index (κ3) is 4.73. The van der Waals surface area contributed by atoms with E-state index in [1.165, 1.54) is 51.7 Å². The Morgan fingerprint density at radius 1 is 1.21 bits per heavy atom. The van der Waals surface area contributed by atoms with Gasteiger partial charge in [0.05, 0.1) is 0 Å². The predicted molar refractivity (Wildman–Crippen MR) is 82.5 cm³/mol. The highest BCUT2D eigenvalue weighted by molar-refractivity contribution is 4.86. The zero-order valence-corrected chi connectivity index (χ0v) is 13.2. The molecule has 112 valence electrons. The second-order valence-corrected chi connectivity index (χ2v) is 7.37. The molecule has 2 unspecified atom stereocenters. The lowest BCUT2D eigenvalue weighted by Gasteiger charge is -2.41. The van der Waals surface area contributed by atoms with Crippen LogP contribution in [0.3, 0.4) is 0 Å². The first-order valence-electron chi connectivity index (χ1n) is 8.20. The Morgan fingerprint density at radius 2 is 2.05 bits per heavy atom. The van der Waals surface area contributed by atoms with Crippen molar-refractivity contribution in [2.24, 2.45) is 11.3 Å². The van der Waals surface area contributed by atoms with Crippen molar-refractivity contribution in [3.63, 3.8) is 0 Å². The van der Waals surface area contributed by atoms with Gasteiger partial charge in [-0.25, -0.2) is 0 Å². The van der Waals surface area contributed by atoms with Gasteiger partial charge in [0.2, 0.25) is 0 Å². The van der Waals surface area contributed by atoms with Crippen molar-refractivity contribution < 1.29 is 0 Å². The van der Waals surface area contributed by atoms with Gasteiger partial charge in [0.25, 0.3) is 0 Å². The van der Waals surface area contributed by atoms with Crippen LogP contribution in [0.4, 0.5) is 0 Å². The summed E-state index contributed by atoms with van der Waals surface area (Å²) in [6, 6.07) is 0.707. The monoisotopic (exact) mass is 267 g/mol. The van der Waals surface area contributed by atoms with Crippen molar-refractivity contribution in [1.82, 2.24) is 15.5 Å². The molecule has 0 bridgehead atoms. The lowest BCUT2D eigenvalue weighted by Crippen LogP contribution is -2.47. The van der Waals surface area contributed by atoms with Crippen molar-refractivity contribution in [3.8, 4) is 0 Å². The molecule has 0 aromatic carbocycles. The van der Waals surface area contributed by atoms with E-state index in [1.54, 1.807) is 0 Å². The van der Waals surface area contributed by atoms with Crippen LogP contribution in [0.15, 0.2) is 0 Å². The van der Waals surface area contributed by atoms with Gasteiger partial charge in [-0.2, -0.15) is 0 Å². The molecular formula is C16H33N3. The Balaban J connectivity index is 1.70. The molecule has 0 aromatic rings. The van der Waals surface area contributed by atoms with E-state index < -0.39 is 0 Å². The van der Waals surface area contributed by atoms with Crippen molar-refractivity contribution in [1.29, 1.82) is 0 Å². The lowest BCUT2D eigenvalue weighted by molar-refractivity contribution is 0.102. The molecule has 2 N–H and O–H groups in total. The predicted octanol–water partition coefficient (Wildman–Crippen LogP) is 2.09. The molecule has 2 saturated heterocycles. The maximum Gasteiger partial charge on any atom is 0.0192 e. The summed E-state index contributed by atoms with van der Waals surface area (Å²) in [6.45, 7) is 11.0. The van der Waals surface area contributed by atoms with Crippen LogP contribution in [0, 0.1) is 11.3 Å². The maximum atomic E-state index is 3.73. The van der Waals surface area contributed by atoms with Crippen LogP contribution in [0.5, 0.6) is 0 Å². The average molecular weight is 267 g/mol. The Labute approximate surface area is 119 Å². The van der Waals surface area contributed by atoms with Crippen LogP contribution in [0.25, 0.3) is 0 Å². The Kier molecular flexibility index (Phi) is 5.67. The SMILES string of the molecule is CN1CCCC(C(C)(C)CNCC2CCCCN2)C1. The second kappa shape index (κ2) is 7.05. The molecule has 0 aliphatic carbocycles. The quantitative estimate of drug-likeness (QED) is 0.799. The fourth-order valence-corrected chi connectivity index (χ4v) is 3.62. The van der Waals surface area contributed by atoms with Crippen LogP contribution in [0.2, 0.25) is 0 Å². The number of piperidine rings is 2. The summed E-state index contributed by atoms with van der Waals surface area (Å²) in [4.78, 5) is 2.50. The fourth-order valence-electron chi connectivity index (χ4n) is 3.62. The molecule has 3 nitrogen and oxygen atoms in total. The van der Waals surface area contributed by atoms with E-state index in [1.807, 2.05) is 0 Å². The molecule has 3 heteroatoms. The van der Waals surface area contributed by atoms with E-state index in [0.29, 0.717) is 11.5 Å². The highest BCUT2D eigenvalue weighted by Gasteiger charge is 2.32. The molecule has 0 amide bonds. The summed E-state index contributed by atoms with van der Waals surface area (Å²) in [6.07, 6.45) is 6.88. The van der Waals surface area contributed by atoms with Crippen molar-refractivity contribution in [2.75, 3.05) is 39.8 Å². The van der Waals surface area contributed by atoms with Gasteiger partial charge >= 0.3 is 0 Å². The highest BCUT2D eigenvalue weighted by Crippen LogP contribution is 2.32. The van der Waals surface area contributed by atoms with Gasteiger partial charge in [0, 0.05) is 25.7 Å². The molecule has 2 rings (SSSR count). The number of hydrogen-bond acceptors (Lipinski definition) is 3. The molecule has 2 aliphatic heterocycles. The van der Waals surface area contributed by atoms with Crippen LogP contribution >= 0.6 is 0 Å². The van der Waals surface area contributed by atoms with Crippen LogP contribution in [-0.2, 0) is 0 Å². The molecule has 2 atom stereocenters. The zero-order valence-electron chi connectivity index (χ0n) is 13.2. The number of nitrogens with one attached hydrogen (secondary N) is 2. The summed E-state index contributed by atoms with van der Waals surface area (Å²) >= 11 is 0. The van der Waals surface area contributed by atoms with Gasteiger partial charge in [0.15, 0.2) is 0 Å². The lowest BCUT2D eigenvalue weighted by atomic mass is 9.74. The molecule has 0 saturated carbocycles. The minimum atomic E-state index is 0.420. The second-order valence-electron chi connectivity index (χ2n) is 7.37. The van der Waals surface area contributed by atoms with Gasteiger partial charge in [-0.15, -0.1) is 0 Å². The van der Waals surface area contributed by atoms with Crippen LogP contribution in [-0.4, -0.2) is 50.7 Å². The standard InChI is InChI=1S/C16H33N3/c1-16(2,14-7-6-10-19(3)12-14)13-17-11-15-8-4-5-9-18-15/h14-15,17-18H,4-13H2,1-3H3. The average Bonchev–Trinajstić information content (AvgIpc) is 2.40. The van der Waals surface area contributed by atoms with E-state index in [4.69, 9.17) is 0 Å². The topological polar surface area (TPSA) is 27.3 Å². The van der Waals surface area contributed by atoms with Crippen LogP contribution < -0.4 is 10.6 Å². The van der Waals surface area contributed by atoms with E-state index >= 15 is 0 Å². The Morgan fingerprint density at radius 3 is 2.74 bits per heavy atom. The minimum Gasteiger partial charge on any atom is -0.315 e. The third-order valence-corrected chi connectivity index (χ3v) is 5.11. The molecule has 0 spiro atoms. The Bertz CT molecular complexity index is 259. The molecule has 2 aliphatic rings. The summed E-state index contributed by atoms with van der Waals surface area (Å²) < 4.78 is 0.